The van der Waals surface area contributed by atoms with E-state index in [1.54, 1.807) is 6.08 Å². The molecule has 0 spiro atoms. The van der Waals surface area contributed by atoms with E-state index in [4.69, 9.17) is 14.2 Å². The highest BCUT2D eigenvalue weighted by atomic mass is 16.7. The number of carbonyl (C=O) groups excluding carboxylic acids is 1. The topological polar surface area (TPSA) is 44.8 Å². The second-order valence-corrected chi connectivity index (χ2v) is 6.20. The molecule has 4 nitrogen and oxygen atoms in total. The van der Waals surface area contributed by atoms with Gasteiger partial charge in [0.05, 0.1) is 6.61 Å². The molecule has 0 saturated carbocycles. The monoisotopic (exact) mass is 352 g/mol. The summed E-state index contributed by atoms with van der Waals surface area (Å²) in [4.78, 5) is 12.0. The molecular formula is C22H24O4. The molecule has 4 heteroatoms. The second-order valence-electron chi connectivity index (χ2n) is 6.20. The third-order valence-corrected chi connectivity index (χ3v) is 4.26. The molecule has 0 N–H and O–H groups in total. The smallest absolute Gasteiger partial charge is 0.336 e. The maximum atomic E-state index is 12.0. The number of rotatable bonds is 6. The van der Waals surface area contributed by atoms with E-state index in [2.05, 4.69) is 0 Å². The minimum Gasteiger partial charge on any atom is -0.465 e. The van der Waals surface area contributed by atoms with E-state index in [9.17, 15) is 4.79 Å². The lowest BCUT2D eigenvalue weighted by atomic mass is 10.1. The number of carbonyl (C=O) groups is 1. The second kappa shape index (κ2) is 9.20. The van der Waals surface area contributed by atoms with Crippen molar-refractivity contribution in [3.63, 3.8) is 0 Å². The summed E-state index contributed by atoms with van der Waals surface area (Å²) in [5.74, 6) is 0.996. The Balaban J connectivity index is 1.55. The van der Waals surface area contributed by atoms with Crippen molar-refractivity contribution in [2.75, 3.05) is 6.61 Å². The zero-order valence-electron chi connectivity index (χ0n) is 15.0. The normalized spacial score (nSPS) is 17.2. The maximum absolute atomic E-state index is 12.0. The van der Waals surface area contributed by atoms with Crippen LogP contribution in [0.25, 0.3) is 6.08 Å². The summed E-state index contributed by atoms with van der Waals surface area (Å²) in [6, 6.07) is 15.1. The van der Waals surface area contributed by atoms with Crippen LogP contribution in [-0.2, 0) is 16.0 Å². The minimum atomic E-state index is -0.387. The van der Waals surface area contributed by atoms with Gasteiger partial charge in [0.15, 0.2) is 6.29 Å². The Morgan fingerprint density at radius 1 is 1.15 bits per heavy atom. The van der Waals surface area contributed by atoms with Gasteiger partial charge >= 0.3 is 5.97 Å². The highest BCUT2D eigenvalue weighted by molar-refractivity contribution is 5.88. The Hall–Kier alpha value is -2.59. The summed E-state index contributed by atoms with van der Waals surface area (Å²) in [6.45, 7) is 2.79. The fraction of sp³-hybridized carbons (Fsp3) is 0.318. The highest BCUT2D eigenvalue weighted by Gasteiger charge is 2.14. The van der Waals surface area contributed by atoms with Gasteiger partial charge in [0.2, 0.25) is 0 Å². The Kier molecular flexibility index (Phi) is 6.45. The maximum Gasteiger partial charge on any atom is 0.336 e. The Bertz CT molecular complexity index is 743. The van der Waals surface area contributed by atoms with Crippen LogP contribution in [0.15, 0.2) is 54.6 Å². The van der Waals surface area contributed by atoms with Crippen LogP contribution < -0.4 is 9.47 Å². The summed E-state index contributed by atoms with van der Waals surface area (Å²) in [5.41, 5.74) is 1.92. The van der Waals surface area contributed by atoms with E-state index >= 15 is 0 Å². The number of aryl methyl sites for hydroxylation is 1. The first-order valence-electron chi connectivity index (χ1n) is 9.10. The summed E-state index contributed by atoms with van der Waals surface area (Å²) in [7, 11) is 0. The van der Waals surface area contributed by atoms with E-state index < -0.39 is 0 Å². The predicted molar refractivity (Wildman–Crippen MR) is 101 cm³/mol. The Morgan fingerprint density at radius 2 is 1.96 bits per heavy atom. The van der Waals surface area contributed by atoms with Crippen molar-refractivity contribution >= 4 is 12.0 Å². The number of esters is 1. The van der Waals surface area contributed by atoms with Gasteiger partial charge in [-0.05, 0) is 54.7 Å². The van der Waals surface area contributed by atoms with Gasteiger partial charge in [0.1, 0.15) is 11.5 Å². The van der Waals surface area contributed by atoms with E-state index in [-0.39, 0.29) is 12.3 Å². The first-order chi connectivity index (χ1) is 12.7. The molecule has 1 aliphatic heterocycles. The molecule has 136 valence electrons. The number of para-hydroxylation sites is 1. The number of hydrogen-bond acceptors (Lipinski definition) is 4. The number of ether oxygens (including phenoxy) is 3. The van der Waals surface area contributed by atoms with Crippen molar-refractivity contribution in [1.82, 2.24) is 0 Å². The van der Waals surface area contributed by atoms with Gasteiger partial charge in [-0.25, -0.2) is 4.79 Å². The molecule has 0 amide bonds. The molecule has 1 atom stereocenters. The van der Waals surface area contributed by atoms with Crippen molar-refractivity contribution in [3.05, 3.63) is 65.7 Å². The molecular weight excluding hydrogens is 328 g/mol. The lowest BCUT2D eigenvalue weighted by molar-refractivity contribution is -0.128. The fourth-order valence-corrected chi connectivity index (χ4v) is 2.82. The largest absolute Gasteiger partial charge is 0.465 e. The molecule has 1 fully saturated rings. The van der Waals surface area contributed by atoms with E-state index in [1.807, 2.05) is 55.5 Å². The van der Waals surface area contributed by atoms with Crippen LogP contribution in [0, 0.1) is 0 Å². The van der Waals surface area contributed by atoms with Crippen molar-refractivity contribution in [2.45, 2.75) is 38.9 Å². The van der Waals surface area contributed by atoms with Gasteiger partial charge in [-0.15, -0.1) is 0 Å². The van der Waals surface area contributed by atoms with Gasteiger partial charge in [0.25, 0.3) is 0 Å². The molecule has 2 aromatic rings. The minimum absolute atomic E-state index is 0.154. The van der Waals surface area contributed by atoms with Crippen LogP contribution in [0.3, 0.4) is 0 Å². The molecule has 2 aromatic carbocycles. The van der Waals surface area contributed by atoms with Crippen LogP contribution >= 0.6 is 0 Å². The van der Waals surface area contributed by atoms with Gasteiger partial charge in [-0.2, -0.15) is 0 Å². The molecule has 3 rings (SSSR count). The van der Waals surface area contributed by atoms with Crippen LogP contribution in [0.2, 0.25) is 0 Å². The van der Waals surface area contributed by atoms with Crippen LogP contribution in [-0.4, -0.2) is 18.9 Å². The molecule has 1 unspecified atom stereocenters. The fourth-order valence-electron chi connectivity index (χ4n) is 2.82. The molecule has 1 heterocycles. The van der Waals surface area contributed by atoms with Crippen LogP contribution in [0.4, 0.5) is 0 Å². The average Bonchev–Trinajstić information content (AvgIpc) is 2.69. The molecule has 1 saturated heterocycles. The van der Waals surface area contributed by atoms with Crippen LogP contribution in [0.1, 0.15) is 37.3 Å². The van der Waals surface area contributed by atoms with Crippen molar-refractivity contribution in [3.8, 4) is 11.5 Å². The average molecular weight is 352 g/mol. The SMILES string of the molecule is CCc1ccccc1OC(=O)/C=C/c1ccc(OC2CCCCO2)cc1. The third-order valence-electron chi connectivity index (χ3n) is 4.26. The molecule has 0 aliphatic carbocycles. The summed E-state index contributed by atoms with van der Waals surface area (Å²) in [6.07, 6.45) is 6.99. The number of hydrogen-bond donors (Lipinski definition) is 0. The highest BCUT2D eigenvalue weighted by Crippen LogP contribution is 2.21. The first kappa shape index (κ1) is 18.2. The molecule has 0 radical (unpaired) electrons. The Labute approximate surface area is 154 Å². The van der Waals surface area contributed by atoms with Gasteiger partial charge in [-0.1, -0.05) is 37.3 Å². The molecule has 26 heavy (non-hydrogen) atoms. The first-order valence-corrected chi connectivity index (χ1v) is 9.10. The standard InChI is InChI=1S/C22H24O4/c1-2-18-7-3-4-8-20(18)26-21(23)15-12-17-10-13-19(14-11-17)25-22-9-5-6-16-24-22/h3-4,7-8,10-15,22H,2,5-6,9,16H2,1H3/b15-12+. The quantitative estimate of drug-likeness (QED) is 0.427. The third kappa shape index (κ3) is 5.20. The molecule has 0 bridgehead atoms. The van der Waals surface area contributed by atoms with Crippen molar-refractivity contribution in [2.24, 2.45) is 0 Å². The predicted octanol–water partition coefficient (Wildman–Crippen LogP) is 4.77. The lowest BCUT2D eigenvalue weighted by Crippen LogP contribution is -2.24. The zero-order valence-corrected chi connectivity index (χ0v) is 15.0. The van der Waals surface area contributed by atoms with Gasteiger partial charge in [0, 0.05) is 12.5 Å². The zero-order chi connectivity index (χ0) is 18.2. The Morgan fingerprint density at radius 3 is 2.69 bits per heavy atom. The van der Waals surface area contributed by atoms with Crippen molar-refractivity contribution in [1.29, 1.82) is 0 Å². The molecule has 1 aliphatic rings. The summed E-state index contributed by atoms with van der Waals surface area (Å²) < 4.78 is 16.8. The summed E-state index contributed by atoms with van der Waals surface area (Å²) in [5, 5.41) is 0. The lowest BCUT2D eigenvalue weighted by Gasteiger charge is -2.23. The number of benzene rings is 2. The van der Waals surface area contributed by atoms with Gasteiger partial charge in [-0.3, -0.25) is 0 Å². The van der Waals surface area contributed by atoms with Crippen LogP contribution in [0.5, 0.6) is 11.5 Å². The summed E-state index contributed by atoms with van der Waals surface area (Å²) >= 11 is 0. The van der Waals surface area contributed by atoms with E-state index in [1.165, 1.54) is 6.08 Å². The van der Waals surface area contributed by atoms with Crippen molar-refractivity contribution < 1.29 is 19.0 Å². The molecule has 0 aromatic heterocycles. The van der Waals surface area contributed by atoms with Gasteiger partial charge < -0.3 is 14.2 Å². The van der Waals surface area contributed by atoms with E-state index in [0.29, 0.717) is 5.75 Å². The van der Waals surface area contributed by atoms with E-state index in [0.717, 1.165) is 49.2 Å².